The van der Waals surface area contributed by atoms with Crippen molar-refractivity contribution in [2.24, 2.45) is 5.92 Å². The molecule has 0 fully saturated rings. The molecule has 1 unspecified atom stereocenters. The number of halogens is 1. The highest BCUT2D eigenvalue weighted by Gasteiger charge is 2.04. The Balaban J connectivity index is 2.47. The van der Waals surface area contributed by atoms with E-state index in [1.165, 1.54) is 6.42 Å². The van der Waals surface area contributed by atoms with Crippen molar-refractivity contribution in [1.29, 1.82) is 0 Å². The van der Waals surface area contributed by atoms with E-state index < -0.39 is 0 Å². The van der Waals surface area contributed by atoms with Crippen LogP contribution in [0.1, 0.15) is 27.2 Å². The molecule has 1 aromatic carbocycles. The first-order valence-corrected chi connectivity index (χ1v) is 5.48. The van der Waals surface area contributed by atoms with Gasteiger partial charge in [-0.05, 0) is 43.5 Å². The van der Waals surface area contributed by atoms with Crippen LogP contribution in [-0.2, 0) is 0 Å². The highest BCUT2D eigenvalue weighted by atomic mass is 35.5. The predicted molar refractivity (Wildman–Crippen MR) is 64.0 cm³/mol. The van der Waals surface area contributed by atoms with Gasteiger partial charge in [-0.15, -0.1) is 0 Å². The third-order valence-corrected chi connectivity index (χ3v) is 2.33. The summed E-state index contributed by atoms with van der Waals surface area (Å²) in [6, 6.07) is 8.35. The summed E-state index contributed by atoms with van der Waals surface area (Å²) in [5.41, 5.74) is 1.14. The smallest absolute Gasteiger partial charge is 0.0407 e. The van der Waals surface area contributed by atoms with E-state index in [2.05, 4.69) is 26.1 Å². The largest absolute Gasteiger partial charge is 0.383 e. The van der Waals surface area contributed by atoms with Gasteiger partial charge in [-0.2, -0.15) is 0 Å². The van der Waals surface area contributed by atoms with E-state index in [-0.39, 0.29) is 0 Å². The van der Waals surface area contributed by atoms with Crippen LogP contribution in [0, 0.1) is 5.92 Å². The fraction of sp³-hybridized carbons (Fsp3) is 0.500. The van der Waals surface area contributed by atoms with Gasteiger partial charge in [-0.25, -0.2) is 0 Å². The Bertz CT molecular complexity index is 266. The van der Waals surface area contributed by atoms with E-state index in [1.807, 2.05) is 24.3 Å². The van der Waals surface area contributed by atoms with E-state index in [4.69, 9.17) is 11.6 Å². The molecule has 78 valence electrons. The molecule has 0 radical (unpaired) electrons. The molecule has 0 aliphatic carbocycles. The van der Waals surface area contributed by atoms with Crippen molar-refractivity contribution in [1.82, 2.24) is 0 Å². The lowest BCUT2D eigenvalue weighted by atomic mass is 10.1. The molecule has 1 aromatic rings. The first-order chi connectivity index (χ1) is 6.58. The number of hydrogen-bond donors (Lipinski definition) is 1. The molecule has 2 heteroatoms. The van der Waals surface area contributed by atoms with E-state index in [0.29, 0.717) is 6.04 Å². The van der Waals surface area contributed by atoms with Crippen LogP contribution in [-0.4, -0.2) is 6.04 Å². The molecular formula is C12H18ClN. The summed E-state index contributed by atoms with van der Waals surface area (Å²) in [6.45, 7) is 6.68. The SMILES string of the molecule is CC(C)CC(C)Nc1ccc(Cl)cc1. The number of hydrogen-bond acceptors (Lipinski definition) is 1. The van der Waals surface area contributed by atoms with Crippen molar-refractivity contribution in [3.8, 4) is 0 Å². The maximum absolute atomic E-state index is 5.80. The second kappa shape index (κ2) is 5.26. The fourth-order valence-electron chi connectivity index (χ4n) is 1.60. The summed E-state index contributed by atoms with van der Waals surface area (Å²) in [6.07, 6.45) is 1.18. The van der Waals surface area contributed by atoms with Gasteiger partial charge in [0.1, 0.15) is 0 Å². The number of anilines is 1. The van der Waals surface area contributed by atoms with Crippen molar-refractivity contribution >= 4 is 17.3 Å². The molecule has 0 spiro atoms. The van der Waals surface area contributed by atoms with Crippen molar-refractivity contribution in [2.75, 3.05) is 5.32 Å². The highest BCUT2D eigenvalue weighted by molar-refractivity contribution is 6.30. The Labute approximate surface area is 91.5 Å². The zero-order chi connectivity index (χ0) is 10.6. The molecule has 0 amide bonds. The summed E-state index contributed by atoms with van der Waals surface area (Å²) in [5.74, 6) is 0.727. The minimum Gasteiger partial charge on any atom is -0.383 e. The molecule has 0 aliphatic rings. The highest BCUT2D eigenvalue weighted by Crippen LogP contribution is 2.16. The van der Waals surface area contributed by atoms with Crippen LogP contribution in [0.15, 0.2) is 24.3 Å². The molecular weight excluding hydrogens is 194 g/mol. The van der Waals surface area contributed by atoms with Gasteiger partial charge in [0.2, 0.25) is 0 Å². The van der Waals surface area contributed by atoms with Crippen LogP contribution < -0.4 is 5.32 Å². The van der Waals surface area contributed by atoms with E-state index in [1.54, 1.807) is 0 Å². The molecule has 0 saturated carbocycles. The Kier molecular flexibility index (Phi) is 4.27. The molecule has 0 saturated heterocycles. The summed E-state index contributed by atoms with van der Waals surface area (Å²) in [7, 11) is 0. The average Bonchev–Trinajstić information content (AvgIpc) is 2.07. The Morgan fingerprint density at radius 3 is 2.21 bits per heavy atom. The third kappa shape index (κ3) is 4.01. The third-order valence-electron chi connectivity index (χ3n) is 2.08. The molecule has 1 rings (SSSR count). The van der Waals surface area contributed by atoms with Crippen LogP contribution in [0.3, 0.4) is 0 Å². The summed E-state index contributed by atoms with van der Waals surface area (Å²) in [5, 5.41) is 4.23. The van der Waals surface area contributed by atoms with Crippen molar-refractivity contribution in [2.45, 2.75) is 33.2 Å². The molecule has 0 aromatic heterocycles. The number of rotatable bonds is 4. The van der Waals surface area contributed by atoms with Gasteiger partial charge in [0, 0.05) is 16.8 Å². The summed E-state index contributed by atoms with van der Waals surface area (Å²) >= 11 is 5.80. The topological polar surface area (TPSA) is 12.0 Å². The minimum absolute atomic E-state index is 0.510. The van der Waals surface area contributed by atoms with Gasteiger partial charge >= 0.3 is 0 Å². The van der Waals surface area contributed by atoms with Crippen molar-refractivity contribution in [3.63, 3.8) is 0 Å². The molecule has 1 atom stereocenters. The lowest BCUT2D eigenvalue weighted by molar-refractivity contribution is 0.540. The van der Waals surface area contributed by atoms with Crippen LogP contribution in [0.2, 0.25) is 5.02 Å². The van der Waals surface area contributed by atoms with E-state index in [9.17, 15) is 0 Å². The molecule has 0 heterocycles. The number of nitrogens with one attached hydrogen (secondary N) is 1. The quantitative estimate of drug-likeness (QED) is 0.788. The Morgan fingerprint density at radius 2 is 1.71 bits per heavy atom. The van der Waals surface area contributed by atoms with Crippen LogP contribution in [0.4, 0.5) is 5.69 Å². The second-order valence-electron chi connectivity index (χ2n) is 4.18. The van der Waals surface area contributed by atoms with Crippen LogP contribution >= 0.6 is 11.6 Å². The van der Waals surface area contributed by atoms with Crippen LogP contribution in [0.25, 0.3) is 0 Å². The standard InChI is InChI=1S/C12H18ClN/c1-9(2)8-10(3)14-12-6-4-11(13)5-7-12/h4-7,9-10,14H,8H2,1-3H3. The monoisotopic (exact) mass is 211 g/mol. The molecule has 0 bridgehead atoms. The average molecular weight is 212 g/mol. The lowest BCUT2D eigenvalue weighted by Gasteiger charge is -2.17. The molecule has 0 aliphatic heterocycles. The lowest BCUT2D eigenvalue weighted by Crippen LogP contribution is -2.17. The molecule has 1 nitrogen and oxygen atoms in total. The van der Waals surface area contributed by atoms with E-state index in [0.717, 1.165) is 16.6 Å². The van der Waals surface area contributed by atoms with Gasteiger partial charge in [-0.3, -0.25) is 0 Å². The second-order valence-corrected chi connectivity index (χ2v) is 4.62. The van der Waals surface area contributed by atoms with Gasteiger partial charge < -0.3 is 5.32 Å². The van der Waals surface area contributed by atoms with Crippen molar-refractivity contribution in [3.05, 3.63) is 29.3 Å². The first kappa shape index (κ1) is 11.4. The maximum Gasteiger partial charge on any atom is 0.0407 e. The summed E-state index contributed by atoms with van der Waals surface area (Å²) < 4.78 is 0. The maximum atomic E-state index is 5.80. The van der Waals surface area contributed by atoms with Gasteiger partial charge in [0.15, 0.2) is 0 Å². The summed E-state index contributed by atoms with van der Waals surface area (Å²) in [4.78, 5) is 0. The zero-order valence-electron chi connectivity index (χ0n) is 9.05. The van der Waals surface area contributed by atoms with Crippen LogP contribution in [0.5, 0.6) is 0 Å². The van der Waals surface area contributed by atoms with E-state index >= 15 is 0 Å². The zero-order valence-corrected chi connectivity index (χ0v) is 9.81. The Hall–Kier alpha value is -0.690. The Morgan fingerprint density at radius 1 is 1.14 bits per heavy atom. The molecule has 1 N–H and O–H groups in total. The normalized spacial score (nSPS) is 12.9. The van der Waals surface area contributed by atoms with Gasteiger partial charge in [0.25, 0.3) is 0 Å². The number of benzene rings is 1. The predicted octanol–water partition coefficient (Wildman–Crippen LogP) is 4.19. The van der Waals surface area contributed by atoms with Crippen molar-refractivity contribution < 1.29 is 0 Å². The van der Waals surface area contributed by atoms with Gasteiger partial charge in [0.05, 0.1) is 0 Å². The van der Waals surface area contributed by atoms with Gasteiger partial charge in [-0.1, -0.05) is 25.4 Å². The first-order valence-electron chi connectivity index (χ1n) is 5.10. The minimum atomic E-state index is 0.510. The fourth-order valence-corrected chi connectivity index (χ4v) is 1.72. The molecule has 14 heavy (non-hydrogen) atoms.